The zero-order chi connectivity index (χ0) is 7.52. The molecule has 1 fully saturated rings. The van der Waals surface area contributed by atoms with Gasteiger partial charge in [-0.1, -0.05) is 0 Å². The Morgan fingerprint density at radius 1 is 1.27 bits per heavy atom. The van der Waals surface area contributed by atoms with Crippen molar-refractivity contribution in [2.75, 3.05) is 19.6 Å². The molecule has 0 spiro atoms. The van der Waals surface area contributed by atoms with Gasteiger partial charge in [0.25, 0.3) is 0 Å². The zero-order valence-electron chi connectivity index (χ0n) is 6.71. The first kappa shape index (κ1) is 6.77. The van der Waals surface area contributed by atoms with Crippen molar-refractivity contribution >= 4 is 0 Å². The lowest BCUT2D eigenvalue weighted by atomic mass is 10.3. The number of likely N-dealkylation sites (tertiary alicyclic amines) is 1. The molecule has 0 aromatic carbocycles. The second-order valence-corrected chi connectivity index (χ2v) is 3.06. The van der Waals surface area contributed by atoms with Gasteiger partial charge in [0, 0.05) is 25.3 Å². The number of dihydropyridines is 1. The van der Waals surface area contributed by atoms with E-state index in [0.29, 0.717) is 0 Å². The normalized spacial score (nSPS) is 23.3. The fraction of sp³-hybridized carbons (Fsp3) is 0.556. The van der Waals surface area contributed by atoms with Gasteiger partial charge in [-0.3, -0.25) is 0 Å². The monoisotopic (exact) mass is 150 g/mol. The van der Waals surface area contributed by atoms with Gasteiger partial charge in [0.15, 0.2) is 0 Å². The molecular formula is C9H14N2. The van der Waals surface area contributed by atoms with Gasteiger partial charge in [-0.25, -0.2) is 0 Å². The lowest BCUT2D eigenvalue weighted by molar-refractivity contribution is 0.436. The Morgan fingerprint density at radius 3 is 2.73 bits per heavy atom. The van der Waals surface area contributed by atoms with Crippen LogP contribution in [0.5, 0.6) is 0 Å². The summed E-state index contributed by atoms with van der Waals surface area (Å²) in [5, 5.41) is 3.15. The van der Waals surface area contributed by atoms with Crippen molar-refractivity contribution < 1.29 is 0 Å². The minimum atomic E-state index is 0.988. The molecule has 0 amide bonds. The largest absolute Gasteiger partial charge is 0.387 e. The highest BCUT2D eigenvalue weighted by atomic mass is 15.1. The summed E-state index contributed by atoms with van der Waals surface area (Å²) in [6, 6.07) is 0. The number of hydrogen-bond donors (Lipinski definition) is 1. The molecular weight excluding hydrogens is 136 g/mol. The predicted octanol–water partition coefficient (Wildman–Crippen LogP) is 1.08. The smallest absolute Gasteiger partial charge is 0.0357 e. The second-order valence-electron chi connectivity index (χ2n) is 3.06. The Hall–Kier alpha value is -0.920. The molecule has 2 aliphatic rings. The van der Waals surface area contributed by atoms with E-state index in [0.717, 1.165) is 6.54 Å². The molecule has 0 unspecified atom stereocenters. The molecule has 11 heavy (non-hydrogen) atoms. The zero-order valence-corrected chi connectivity index (χ0v) is 6.71. The van der Waals surface area contributed by atoms with E-state index in [2.05, 4.69) is 22.4 Å². The highest BCUT2D eigenvalue weighted by Crippen LogP contribution is 2.15. The maximum atomic E-state index is 3.15. The van der Waals surface area contributed by atoms with Gasteiger partial charge in [-0.15, -0.1) is 0 Å². The number of nitrogens with zero attached hydrogens (tertiary/aromatic N) is 1. The second kappa shape index (κ2) is 2.99. The summed E-state index contributed by atoms with van der Waals surface area (Å²) in [6.07, 6.45) is 9.17. The van der Waals surface area contributed by atoms with Gasteiger partial charge in [-0.05, 0) is 31.2 Å². The third kappa shape index (κ3) is 1.39. The van der Waals surface area contributed by atoms with Crippen LogP contribution in [0.2, 0.25) is 0 Å². The molecule has 0 aromatic heterocycles. The summed E-state index contributed by atoms with van der Waals surface area (Å²) >= 11 is 0. The van der Waals surface area contributed by atoms with Crippen molar-refractivity contribution in [3.8, 4) is 0 Å². The summed E-state index contributed by atoms with van der Waals surface area (Å²) in [4.78, 5) is 2.46. The third-order valence-corrected chi connectivity index (χ3v) is 2.27. The average Bonchev–Trinajstić information content (AvgIpc) is 2.58. The highest BCUT2D eigenvalue weighted by molar-refractivity contribution is 5.21. The van der Waals surface area contributed by atoms with Crippen molar-refractivity contribution in [2.24, 2.45) is 0 Å². The minimum absolute atomic E-state index is 0.988. The first-order chi connectivity index (χ1) is 5.47. The Bertz CT molecular complexity index is 188. The van der Waals surface area contributed by atoms with Crippen LogP contribution in [-0.2, 0) is 0 Å². The summed E-state index contributed by atoms with van der Waals surface area (Å²) in [5.41, 5.74) is 1.40. The van der Waals surface area contributed by atoms with Crippen molar-refractivity contribution in [3.05, 3.63) is 24.0 Å². The molecule has 2 nitrogen and oxygen atoms in total. The highest BCUT2D eigenvalue weighted by Gasteiger charge is 2.12. The molecule has 60 valence electrons. The van der Waals surface area contributed by atoms with E-state index >= 15 is 0 Å². The molecule has 1 saturated heterocycles. The maximum Gasteiger partial charge on any atom is 0.0357 e. The van der Waals surface area contributed by atoms with Gasteiger partial charge in [-0.2, -0.15) is 0 Å². The Balaban J connectivity index is 2.02. The van der Waals surface area contributed by atoms with Crippen LogP contribution in [-0.4, -0.2) is 24.5 Å². The molecule has 2 heterocycles. The van der Waals surface area contributed by atoms with Crippen LogP contribution in [0.4, 0.5) is 0 Å². The molecule has 0 radical (unpaired) electrons. The fourth-order valence-corrected chi connectivity index (χ4v) is 1.65. The molecule has 2 aliphatic heterocycles. The van der Waals surface area contributed by atoms with Gasteiger partial charge in [0.2, 0.25) is 0 Å². The van der Waals surface area contributed by atoms with E-state index in [4.69, 9.17) is 0 Å². The minimum Gasteiger partial charge on any atom is -0.387 e. The van der Waals surface area contributed by atoms with Gasteiger partial charge < -0.3 is 10.2 Å². The summed E-state index contributed by atoms with van der Waals surface area (Å²) in [7, 11) is 0. The van der Waals surface area contributed by atoms with E-state index in [9.17, 15) is 0 Å². The first-order valence-corrected chi connectivity index (χ1v) is 4.32. The van der Waals surface area contributed by atoms with Crippen LogP contribution in [0.1, 0.15) is 12.8 Å². The van der Waals surface area contributed by atoms with Crippen LogP contribution in [0, 0.1) is 0 Å². The molecule has 0 saturated carbocycles. The number of nitrogens with one attached hydrogen (secondary N) is 1. The van der Waals surface area contributed by atoms with E-state index in [1.54, 1.807) is 0 Å². The predicted molar refractivity (Wildman–Crippen MR) is 46.0 cm³/mol. The molecule has 1 N–H and O–H groups in total. The lowest BCUT2D eigenvalue weighted by Gasteiger charge is -2.20. The molecule has 2 rings (SSSR count). The van der Waals surface area contributed by atoms with Crippen molar-refractivity contribution in [1.82, 2.24) is 10.2 Å². The fourth-order valence-electron chi connectivity index (χ4n) is 1.65. The first-order valence-electron chi connectivity index (χ1n) is 4.32. The van der Waals surface area contributed by atoms with Crippen molar-refractivity contribution in [2.45, 2.75) is 12.8 Å². The topological polar surface area (TPSA) is 15.3 Å². The van der Waals surface area contributed by atoms with Crippen LogP contribution >= 0.6 is 0 Å². The van der Waals surface area contributed by atoms with Gasteiger partial charge in [0.05, 0.1) is 0 Å². The Kier molecular flexibility index (Phi) is 1.84. The summed E-state index contributed by atoms with van der Waals surface area (Å²) in [6.45, 7) is 3.48. The van der Waals surface area contributed by atoms with Gasteiger partial charge >= 0.3 is 0 Å². The molecule has 0 aromatic rings. The summed E-state index contributed by atoms with van der Waals surface area (Å²) < 4.78 is 0. The third-order valence-electron chi connectivity index (χ3n) is 2.27. The lowest BCUT2D eigenvalue weighted by Crippen LogP contribution is -2.21. The van der Waals surface area contributed by atoms with Gasteiger partial charge in [0.1, 0.15) is 0 Å². The number of rotatable bonds is 1. The molecule has 0 bridgehead atoms. The number of hydrogen-bond acceptors (Lipinski definition) is 2. The van der Waals surface area contributed by atoms with Crippen LogP contribution in [0.3, 0.4) is 0 Å². The van der Waals surface area contributed by atoms with E-state index in [1.807, 2.05) is 6.20 Å². The van der Waals surface area contributed by atoms with Crippen LogP contribution in [0.25, 0.3) is 0 Å². The molecule has 0 aliphatic carbocycles. The SMILES string of the molecule is C1=CC(N2CCCC2)=CCN1. The Labute approximate surface area is 67.6 Å². The average molecular weight is 150 g/mol. The standard InChI is InChI=1S/C9H14N2/c1-2-8-11(7-1)9-3-5-10-6-4-9/h3-5,10H,1-2,6-8H2. The van der Waals surface area contributed by atoms with Crippen molar-refractivity contribution in [1.29, 1.82) is 0 Å². The summed E-state index contributed by atoms with van der Waals surface area (Å²) in [5.74, 6) is 0. The van der Waals surface area contributed by atoms with E-state index < -0.39 is 0 Å². The van der Waals surface area contributed by atoms with Crippen LogP contribution < -0.4 is 5.32 Å². The Morgan fingerprint density at radius 2 is 2.09 bits per heavy atom. The van der Waals surface area contributed by atoms with E-state index in [1.165, 1.54) is 31.6 Å². The maximum absolute atomic E-state index is 3.15. The molecule has 2 heteroatoms. The quantitative estimate of drug-likeness (QED) is 0.601. The van der Waals surface area contributed by atoms with E-state index in [-0.39, 0.29) is 0 Å². The van der Waals surface area contributed by atoms with Crippen LogP contribution in [0.15, 0.2) is 24.0 Å². The van der Waals surface area contributed by atoms with Crippen molar-refractivity contribution in [3.63, 3.8) is 0 Å². The number of allylic oxidation sites excluding steroid dienone is 1. The molecule has 0 atom stereocenters.